The van der Waals surface area contributed by atoms with E-state index < -0.39 is 0 Å². The molecule has 1 saturated carbocycles. The molecule has 4 aliphatic rings. The van der Waals surface area contributed by atoms with Crippen LogP contribution in [0.25, 0.3) is 37.6 Å². The van der Waals surface area contributed by atoms with Gasteiger partial charge in [0.05, 0.1) is 16.9 Å². The second kappa shape index (κ2) is 12.0. The molecule has 2 aliphatic carbocycles. The molecule has 2 aliphatic heterocycles. The zero-order valence-electron chi connectivity index (χ0n) is 39.5. The molecule has 2 atom stereocenters. The normalized spacial score (nSPS) is 20.5. The van der Waals surface area contributed by atoms with Gasteiger partial charge in [0.15, 0.2) is 0 Å². The molecule has 4 aromatic carbocycles. The van der Waals surface area contributed by atoms with E-state index in [-0.39, 0.29) is 39.2 Å². The molecule has 312 valence electrons. The van der Waals surface area contributed by atoms with Crippen molar-refractivity contribution in [2.24, 2.45) is 5.92 Å². The molecule has 5 heteroatoms. The van der Waals surface area contributed by atoms with Gasteiger partial charge in [-0.2, -0.15) is 0 Å². The third-order valence-corrected chi connectivity index (χ3v) is 17.1. The molecular formula is C56H64BN3S. The Hall–Kier alpha value is -4.35. The van der Waals surface area contributed by atoms with Crippen molar-refractivity contribution in [1.29, 1.82) is 0 Å². The highest BCUT2D eigenvalue weighted by atomic mass is 32.1. The monoisotopic (exact) mass is 821 g/mol. The zero-order chi connectivity index (χ0) is 43.3. The smallest absolute Gasteiger partial charge is 0.266 e. The number of pyridine rings is 1. The summed E-state index contributed by atoms with van der Waals surface area (Å²) in [4.78, 5) is 8.58. The quantitative estimate of drug-likeness (QED) is 0.154. The molecule has 7 aromatic rings. The number of fused-ring (bicyclic) bond motifs is 12. The molecule has 3 aromatic heterocycles. The van der Waals surface area contributed by atoms with Crippen LogP contribution in [0.1, 0.15) is 157 Å². The Balaban J connectivity index is 1.32. The third-order valence-electron chi connectivity index (χ3n) is 15.9. The predicted molar refractivity (Wildman–Crippen MR) is 266 cm³/mol. The lowest BCUT2D eigenvalue weighted by atomic mass is 9.36. The van der Waals surface area contributed by atoms with Gasteiger partial charge in [-0.05, 0) is 133 Å². The maximum absolute atomic E-state index is 5.93. The minimum atomic E-state index is -0.173. The fraction of sp³-hybridized carbons (Fsp3) is 0.446. The molecule has 61 heavy (non-hydrogen) atoms. The van der Waals surface area contributed by atoms with Gasteiger partial charge in [-0.1, -0.05) is 135 Å². The molecule has 2 unspecified atom stereocenters. The van der Waals surface area contributed by atoms with Gasteiger partial charge < -0.3 is 4.57 Å². The molecule has 0 N–H and O–H groups in total. The number of rotatable bonds is 1. The molecule has 3 nitrogen and oxygen atoms in total. The van der Waals surface area contributed by atoms with Crippen molar-refractivity contribution in [2.75, 3.05) is 4.90 Å². The highest BCUT2D eigenvalue weighted by molar-refractivity contribution is 7.33. The molecule has 5 heterocycles. The van der Waals surface area contributed by atoms with E-state index in [1.165, 1.54) is 101 Å². The van der Waals surface area contributed by atoms with Crippen LogP contribution in [0.3, 0.4) is 0 Å². The van der Waals surface area contributed by atoms with E-state index in [1.54, 1.807) is 11.1 Å². The van der Waals surface area contributed by atoms with Crippen LogP contribution in [-0.4, -0.2) is 16.3 Å². The van der Waals surface area contributed by atoms with Crippen LogP contribution in [0.15, 0.2) is 72.8 Å². The average Bonchev–Trinajstić information content (AvgIpc) is 3.89. The van der Waals surface area contributed by atoms with E-state index in [1.807, 2.05) is 11.3 Å². The lowest BCUT2D eigenvalue weighted by Crippen LogP contribution is -2.60. The van der Waals surface area contributed by atoms with Crippen molar-refractivity contribution in [1.82, 2.24) is 9.55 Å². The number of nitrogens with zero attached hydrogens (tertiary/aromatic N) is 3. The fourth-order valence-corrected chi connectivity index (χ4v) is 13.7. The molecule has 0 saturated heterocycles. The maximum atomic E-state index is 5.93. The Morgan fingerprint density at radius 2 is 1.33 bits per heavy atom. The van der Waals surface area contributed by atoms with Crippen LogP contribution in [0.2, 0.25) is 0 Å². The van der Waals surface area contributed by atoms with E-state index in [2.05, 4.69) is 186 Å². The first-order valence-electron chi connectivity index (χ1n) is 23.1. The summed E-state index contributed by atoms with van der Waals surface area (Å²) in [5.74, 6) is 1.76. The van der Waals surface area contributed by atoms with Crippen molar-refractivity contribution in [3.05, 3.63) is 106 Å². The van der Waals surface area contributed by atoms with Crippen molar-refractivity contribution in [3.63, 3.8) is 0 Å². The van der Waals surface area contributed by atoms with Crippen LogP contribution < -0.4 is 20.6 Å². The second-order valence-electron chi connectivity index (χ2n) is 24.4. The van der Waals surface area contributed by atoms with Crippen molar-refractivity contribution >= 4 is 82.8 Å². The minimum absolute atomic E-state index is 0.0152. The molecule has 1 fully saturated rings. The summed E-state index contributed by atoms with van der Waals surface area (Å²) in [6.45, 7) is 35.9. The molecule has 11 rings (SSSR count). The highest BCUT2D eigenvalue weighted by Crippen LogP contribution is 2.62. The van der Waals surface area contributed by atoms with Crippen LogP contribution in [0, 0.1) is 5.92 Å². The number of benzene rings is 4. The number of aromatic nitrogens is 2. The standard InChI is InChI=1S/C56H64BN3S/c1-51(2,3)31-18-22-41-35(25-31)36-27-33(53(7,8)9)28-40-47(36)60(41)42-30-45(54(10,11)12)58-50-46(42)57(40)49-48(37-26-32(52(4,5)6)19-23-43(37)61-49)59(50)34-20-21-38-39(29-34)56(15)24-16-17-44(56)55(38,13)14/h18-23,25-30,44H,16-17,24H2,1-15H3. The number of anilines is 3. The first-order valence-corrected chi connectivity index (χ1v) is 23.9. The van der Waals surface area contributed by atoms with Gasteiger partial charge in [-0.25, -0.2) is 4.98 Å². The SMILES string of the molecule is CC(C)(C)c1ccc2sc3c(c2c1)N(c1ccc2c(c1)C1(C)CCCC1C2(C)C)c1nc(C(C)(C)C)cc2c1B3c1cc(C(C)(C)C)cc3c4cc(C(C)(C)C)ccc4n-2c13. The Morgan fingerprint density at radius 3 is 2.00 bits per heavy atom. The lowest BCUT2D eigenvalue weighted by Gasteiger charge is -2.40. The molecule has 0 amide bonds. The third kappa shape index (κ3) is 5.31. The molecule has 0 bridgehead atoms. The zero-order valence-corrected chi connectivity index (χ0v) is 40.3. The topological polar surface area (TPSA) is 21.1 Å². The Labute approximate surface area is 369 Å². The van der Waals surface area contributed by atoms with Gasteiger partial charge in [0.2, 0.25) is 0 Å². The van der Waals surface area contributed by atoms with Crippen LogP contribution in [-0.2, 0) is 32.5 Å². The highest BCUT2D eigenvalue weighted by Gasteiger charge is 2.56. The Kier molecular flexibility index (Phi) is 7.78. The van der Waals surface area contributed by atoms with Crippen LogP contribution >= 0.6 is 11.3 Å². The van der Waals surface area contributed by atoms with Crippen molar-refractivity contribution < 1.29 is 0 Å². The summed E-state index contributed by atoms with van der Waals surface area (Å²) in [6.07, 6.45) is 3.88. The minimum Gasteiger partial charge on any atom is -0.310 e. The summed E-state index contributed by atoms with van der Waals surface area (Å²) < 4.78 is 5.43. The predicted octanol–water partition coefficient (Wildman–Crippen LogP) is 13.5. The van der Waals surface area contributed by atoms with Gasteiger partial charge in [-0.3, -0.25) is 4.90 Å². The van der Waals surface area contributed by atoms with Gasteiger partial charge >= 0.3 is 0 Å². The van der Waals surface area contributed by atoms with Crippen molar-refractivity contribution in [2.45, 2.75) is 156 Å². The molecular weight excluding hydrogens is 758 g/mol. The largest absolute Gasteiger partial charge is 0.310 e. The van der Waals surface area contributed by atoms with E-state index in [0.717, 1.165) is 11.5 Å². The fourth-order valence-electron chi connectivity index (χ4n) is 12.4. The van der Waals surface area contributed by atoms with Crippen molar-refractivity contribution in [3.8, 4) is 5.69 Å². The summed E-state index contributed by atoms with van der Waals surface area (Å²) in [7, 11) is 0. The van der Waals surface area contributed by atoms with E-state index >= 15 is 0 Å². The lowest BCUT2D eigenvalue weighted by molar-refractivity contribution is 0.263. The number of thiophene rings is 1. The maximum Gasteiger partial charge on any atom is 0.266 e. The van der Waals surface area contributed by atoms with Crippen LogP contribution in [0.4, 0.5) is 17.2 Å². The summed E-state index contributed by atoms with van der Waals surface area (Å²) in [6, 6.07) is 29.8. The van der Waals surface area contributed by atoms with Gasteiger partial charge in [0.25, 0.3) is 6.71 Å². The Bertz CT molecular complexity index is 3060. The first-order chi connectivity index (χ1) is 28.4. The number of hydrogen-bond acceptors (Lipinski definition) is 3. The summed E-state index contributed by atoms with van der Waals surface area (Å²) >= 11 is 2.01. The van der Waals surface area contributed by atoms with Gasteiger partial charge in [0.1, 0.15) is 5.82 Å². The van der Waals surface area contributed by atoms with E-state index in [0.29, 0.717) is 5.92 Å². The van der Waals surface area contributed by atoms with Gasteiger partial charge in [-0.15, -0.1) is 11.3 Å². The van der Waals surface area contributed by atoms with E-state index in [4.69, 9.17) is 4.98 Å². The molecule has 0 radical (unpaired) electrons. The summed E-state index contributed by atoms with van der Waals surface area (Å²) in [5, 5.41) is 4.06. The molecule has 0 spiro atoms. The average molecular weight is 822 g/mol. The second-order valence-corrected chi connectivity index (χ2v) is 25.5. The summed E-state index contributed by atoms with van der Waals surface area (Å²) in [5.41, 5.74) is 17.8. The number of hydrogen-bond donors (Lipinski definition) is 0. The Morgan fingerprint density at radius 1 is 0.672 bits per heavy atom. The van der Waals surface area contributed by atoms with E-state index in [9.17, 15) is 0 Å². The van der Waals surface area contributed by atoms with Gasteiger partial charge in [0, 0.05) is 47.9 Å². The first kappa shape index (κ1) is 39.5. The van der Waals surface area contributed by atoms with Crippen LogP contribution in [0.5, 0.6) is 0 Å².